The Balaban J connectivity index is 1.28. The van der Waals surface area contributed by atoms with E-state index >= 15 is 0 Å². The van der Waals surface area contributed by atoms with Crippen molar-refractivity contribution < 1.29 is 8.83 Å². The molecule has 0 saturated carbocycles. The van der Waals surface area contributed by atoms with E-state index in [2.05, 4.69) is 30.1 Å². The van der Waals surface area contributed by atoms with Crippen molar-refractivity contribution in [3.8, 4) is 57.1 Å². The highest BCUT2D eigenvalue weighted by Gasteiger charge is 2.18. The maximum atomic E-state index is 6.09. The lowest BCUT2D eigenvalue weighted by Gasteiger charge is -2.09. The summed E-state index contributed by atoms with van der Waals surface area (Å²) in [6, 6.07) is 26.7. The van der Waals surface area contributed by atoms with Crippen molar-refractivity contribution in [1.82, 2.24) is 40.1 Å². The molecule has 0 aliphatic carbocycles. The molecule has 42 heavy (non-hydrogen) atoms. The molecule has 0 radical (unpaired) electrons. The molecule has 0 spiro atoms. The first-order valence-corrected chi connectivity index (χ1v) is 13.1. The lowest BCUT2D eigenvalue weighted by atomic mass is 10.1. The Morgan fingerprint density at radius 3 is 2.21 bits per heavy atom. The van der Waals surface area contributed by atoms with Gasteiger partial charge in [0.1, 0.15) is 11.2 Å². The van der Waals surface area contributed by atoms with Gasteiger partial charge in [-0.15, -0.1) is 10.2 Å². The van der Waals surface area contributed by atoms with E-state index in [0.29, 0.717) is 46.0 Å². The molecule has 198 valence electrons. The number of benzene rings is 3. The van der Waals surface area contributed by atoms with Crippen molar-refractivity contribution >= 4 is 22.1 Å². The molecular weight excluding hydrogens is 528 g/mol. The first-order valence-electron chi connectivity index (χ1n) is 13.1. The predicted molar refractivity (Wildman–Crippen MR) is 156 cm³/mol. The average Bonchev–Trinajstić information content (AvgIpc) is 3.73. The van der Waals surface area contributed by atoms with E-state index in [-0.39, 0.29) is 0 Å². The molecule has 10 heteroatoms. The van der Waals surface area contributed by atoms with Gasteiger partial charge in [-0.2, -0.15) is 0 Å². The van der Waals surface area contributed by atoms with Crippen LogP contribution in [-0.2, 0) is 0 Å². The minimum absolute atomic E-state index is 0.383. The molecule has 8 aromatic rings. The summed E-state index contributed by atoms with van der Waals surface area (Å²) in [6.07, 6.45) is 6.70. The molecule has 5 aromatic heterocycles. The third-order valence-electron chi connectivity index (χ3n) is 6.72. The smallest absolute Gasteiger partial charge is 0.249 e. The summed E-state index contributed by atoms with van der Waals surface area (Å²) >= 11 is 0. The molecule has 0 aliphatic heterocycles. The number of aromatic nitrogens is 8. The van der Waals surface area contributed by atoms with Crippen molar-refractivity contribution in [3.05, 3.63) is 110 Å². The van der Waals surface area contributed by atoms with Crippen LogP contribution >= 0.6 is 0 Å². The number of para-hydroxylation sites is 3. The minimum Gasteiger partial charge on any atom is -0.435 e. The largest absolute Gasteiger partial charge is 0.435 e. The second-order valence-electron chi connectivity index (χ2n) is 9.41. The van der Waals surface area contributed by atoms with Gasteiger partial charge in [-0.25, -0.2) is 15.0 Å². The van der Waals surface area contributed by atoms with Gasteiger partial charge >= 0.3 is 0 Å². The molecule has 8 rings (SSSR count). The lowest BCUT2D eigenvalue weighted by Crippen LogP contribution is -1.98. The quantitative estimate of drug-likeness (QED) is 0.231. The van der Waals surface area contributed by atoms with Gasteiger partial charge in [0.05, 0.1) is 22.3 Å². The van der Waals surface area contributed by atoms with Crippen LogP contribution in [0.5, 0.6) is 0 Å². The van der Waals surface area contributed by atoms with Crippen molar-refractivity contribution in [2.45, 2.75) is 0 Å². The molecule has 0 atom stereocenters. The number of hydrogen-bond acceptors (Lipinski definition) is 10. The number of oxazole rings is 1. The van der Waals surface area contributed by atoms with Crippen LogP contribution in [0.25, 0.3) is 79.3 Å². The summed E-state index contributed by atoms with van der Waals surface area (Å²) in [4.78, 5) is 27.7. The molecule has 3 aromatic carbocycles. The van der Waals surface area contributed by atoms with E-state index < -0.39 is 0 Å². The summed E-state index contributed by atoms with van der Waals surface area (Å²) < 4.78 is 12.1. The Kier molecular flexibility index (Phi) is 5.52. The van der Waals surface area contributed by atoms with Crippen LogP contribution in [-0.4, -0.2) is 40.1 Å². The summed E-state index contributed by atoms with van der Waals surface area (Å²) in [5.41, 5.74) is 7.11. The van der Waals surface area contributed by atoms with Crippen molar-refractivity contribution in [3.63, 3.8) is 0 Å². The molecule has 0 aliphatic rings. The summed E-state index contributed by atoms with van der Waals surface area (Å²) in [5, 5.41) is 8.48. The van der Waals surface area contributed by atoms with E-state index in [1.807, 2.05) is 84.9 Å². The van der Waals surface area contributed by atoms with Crippen LogP contribution in [0.2, 0.25) is 0 Å². The van der Waals surface area contributed by atoms with Gasteiger partial charge < -0.3 is 8.83 Å². The van der Waals surface area contributed by atoms with Gasteiger partial charge in [-0.05, 0) is 54.6 Å². The fourth-order valence-corrected chi connectivity index (χ4v) is 4.74. The molecular formula is C32H18N8O2. The zero-order valence-corrected chi connectivity index (χ0v) is 21.8. The fourth-order valence-electron chi connectivity index (χ4n) is 4.74. The predicted octanol–water partition coefficient (Wildman–Crippen LogP) is 6.67. The number of pyridine rings is 1. The van der Waals surface area contributed by atoms with Crippen molar-refractivity contribution in [2.24, 2.45) is 0 Å². The highest BCUT2D eigenvalue weighted by Crippen LogP contribution is 2.33. The SMILES string of the molecule is c1cncc(-c2nnc(-c3cccc(-c4cc(-c5nc6ccccc6o5)nc(-c5cccc6nccnc56)n4)c3)o2)c1. The van der Waals surface area contributed by atoms with Gasteiger partial charge in [0, 0.05) is 41.5 Å². The first kappa shape index (κ1) is 23.7. The van der Waals surface area contributed by atoms with E-state index in [0.717, 1.165) is 33.3 Å². The van der Waals surface area contributed by atoms with Crippen LogP contribution in [0.1, 0.15) is 0 Å². The molecule has 0 unspecified atom stereocenters. The van der Waals surface area contributed by atoms with E-state index in [1.54, 1.807) is 24.8 Å². The topological polar surface area (TPSA) is 129 Å². The maximum absolute atomic E-state index is 6.09. The van der Waals surface area contributed by atoms with Crippen LogP contribution < -0.4 is 0 Å². The highest BCUT2D eigenvalue weighted by molar-refractivity contribution is 5.90. The Morgan fingerprint density at radius 1 is 0.524 bits per heavy atom. The normalized spacial score (nSPS) is 11.3. The molecule has 0 amide bonds. The Labute approximate surface area is 237 Å². The Bertz CT molecular complexity index is 2190. The average molecular weight is 547 g/mol. The number of fused-ring (bicyclic) bond motifs is 2. The molecule has 0 bridgehead atoms. The van der Waals surface area contributed by atoms with Crippen LogP contribution in [0, 0.1) is 0 Å². The molecule has 10 nitrogen and oxygen atoms in total. The molecule has 0 N–H and O–H groups in total. The van der Waals surface area contributed by atoms with Crippen molar-refractivity contribution in [1.29, 1.82) is 0 Å². The number of nitrogens with zero attached hydrogens (tertiary/aromatic N) is 8. The minimum atomic E-state index is 0.383. The van der Waals surface area contributed by atoms with Gasteiger partial charge in [0.15, 0.2) is 11.4 Å². The number of hydrogen-bond donors (Lipinski definition) is 0. The van der Waals surface area contributed by atoms with Gasteiger partial charge in [-0.1, -0.05) is 30.3 Å². The Hall–Kier alpha value is -6.16. The van der Waals surface area contributed by atoms with E-state index in [9.17, 15) is 0 Å². The van der Waals surface area contributed by atoms with Crippen LogP contribution in [0.15, 0.2) is 119 Å². The van der Waals surface area contributed by atoms with Crippen LogP contribution in [0.3, 0.4) is 0 Å². The van der Waals surface area contributed by atoms with E-state index in [4.69, 9.17) is 18.8 Å². The third kappa shape index (κ3) is 4.23. The monoisotopic (exact) mass is 546 g/mol. The van der Waals surface area contributed by atoms with Crippen molar-refractivity contribution in [2.75, 3.05) is 0 Å². The van der Waals surface area contributed by atoms with Gasteiger partial charge in [0.2, 0.25) is 17.7 Å². The van der Waals surface area contributed by atoms with Crippen LogP contribution in [0.4, 0.5) is 0 Å². The zero-order valence-electron chi connectivity index (χ0n) is 21.8. The number of rotatable bonds is 5. The molecule has 5 heterocycles. The second-order valence-corrected chi connectivity index (χ2v) is 9.41. The molecule has 0 saturated heterocycles. The summed E-state index contributed by atoms with van der Waals surface area (Å²) in [7, 11) is 0. The third-order valence-corrected chi connectivity index (χ3v) is 6.72. The standard InChI is InChI=1S/C32H18N8O2/c1-2-12-27-23(10-1)38-32(41-27)26-17-25(36-29(37-26)22-9-4-11-24-28(22)35-15-14-34-24)19-6-3-7-20(16-19)30-39-40-31(42-30)21-8-5-13-33-18-21/h1-18H. The molecule has 0 fully saturated rings. The van der Waals surface area contributed by atoms with Gasteiger partial charge in [0.25, 0.3) is 0 Å². The lowest BCUT2D eigenvalue weighted by molar-refractivity contribution is 0.584. The fraction of sp³-hybridized carbons (Fsp3) is 0. The Morgan fingerprint density at radius 2 is 1.31 bits per heavy atom. The summed E-state index contributed by atoms with van der Waals surface area (Å²) in [5.74, 6) is 1.64. The second kappa shape index (κ2) is 9.79. The highest BCUT2D eigenvalue weighted by atomic mass is 16.4. The first-order chi connectivity index (χ1) is 20.8. The summed E-state index contributed by atoms with van der Waals surface area (Å²) in [6.45, 7) is 0. The maximum Gasteiger partial charge on any atom is 0.249 e. The van der Waals surface area contributed by atoms with Gasteiger partial charge in [-0.3, -0.25) is 15.0 Å². The van der Waals surface area contributed by atoms with E-state index in [1.165, 1.54) is 0 Å². The zero-order chi connectivity index (χ0) is 27.9.